The van der Waals surface area contributed by atoms with Gasteiger partial charge in [-0.3, -0.25) is 4.79 Å². The molecule has 5 heteroatoms. The lowest BCUT2D eigenvalue weighted by Crippen LogP contribution is -2.39. The van der Waals surface area contributed by atoms with E-state index in [4.69, 9.17) is 0 Å². The maximum atomic E-state index is 12.4. The van der Waals surface area contributed by atoms with E-state index in [0.717, 1.165) is 30.5 Å². The van der Waals surface area contributed by atoms with Crippen molar-refractivity contribution in [3.63, 3.8) is 0 Å². The second-order valence-corrected chi connectivity index (χ2v) is 5.22. The number of nitrogens with zero attached hydrogens (tertiary/aromatic N) is 3. The minimum atomic E-state index is -0.0310. The Balaban J connectivity index is 1.83. The third-order valence-electron chi connectivity index (χ3n) is 3.83. The van der Waals surface area contributed by atoms with Crippen LogP contribution in [-0.2, 0) is 0 Å². The zero-order chi connectivity index (χ0) is 13.4. The van der Waals surface area contributed by atoms with Crippen molar-refractivity contribution in [3.05, 3.63) is 30.1 Å². The number of hydrogen-bond acceptors (Lipinski definition) is 3. The Morgan fingerprint density at radius 1 is 1.47 bits per heavy atom. The molecule has 1 N–H and O–H groups in total. The van der Waals surface area contributed by atoms with Gasteiger partial charge < -0.3 is 14.8 Å². The number of aromatic nitrogens is 2. The first-order valence-corrected chi connectivity index (χ1v) is 6.55. The highest BCUT2D eigenvalue weighted by Crippen LogP contribution is 2.16. The van der Waals surface area contributed by atoms with Crippen molar-refractivity contribution in [2.45, 2.75) is 12.5 Å². The van der Waals surface area contributed by atoms with E-state index in [9.17, 15) is 4.79 Å². The predicted octanol–water partition coefficient (Wildman–Crippen LogP) is 1.34. The number of aromatic amines is 1. The van der Waals surface area contributed by atoms with Crippen LogP contribution in [0.25, 0.3) is 11.0 Å². The lowest BCUT2D eigenvalue weighted by Gasteiger charge is -2.23. The first kappa shape index (κ1) is 12.2. The monoisotopic (exact) mass is 258 g/mol. The molecule has 5 nitrogen and oxygen atoms in total. The number of nitrogens with one attached hydrogen (secondary N) is 1. The average molecular weight is 258 g/mol. The fourth-order valence-corrected chi connectivity index (χ4v) is 2.61. The van der Waals surface area contributed by atoms with Crippen LogP contribution in [0.3, 0.4) is 0 Å². The SMILES string of the molecule is CN1CCC(N(C)C(=O)c2nc3ccccc3[nH]2)C1. The zero-order valence-electron chi connectivity index (χ0n) is 11.3. The van der Waals surface area contributed by atoms with Gasteiger partial charge in [-0.1, -0.05) is 12.1 Å². The fourth-order valence-electron chi connectivity index (χ4n) is 2.61. The molecule has 19 heavy (non-hydrogen) atoms. The molecule has 0 radical (unpaired) electrons. The van der Waals surface area contributed by atoms with Gasteiger partial charge in [-0.2, -0.15) is 0 Å². The number of rotatable bonds is 2. The Bertz CT molecular complexity index is 573. The van der Waals surface area contributed by atoms with E-state index in [2.05, 4.69) is 21.9 Å². The summed E-state index contributed by atoms with van der Waals surface area (Å²) < 4.78 is 0. The molecular weight excluding hydrogens is 240 g/mol. The Morgan fingerprint density at radius 2 is 2.26 bits per heavy atom. The third-order valence-corrected chi connectivity index (χ3v) is 3.83. The first-order chi connectivity index (χ1) is 9.15. The molecule has 0 spiro atoms. The summed E-state index contributed by atoms with van der Waals surface area (Å²) in [6, 6.07) is 7.98. The molecule has 1 saturated heterocycles. The first-order valence-electron chi connectivity index (χ1n) is 6.55. The van der Waals surface area contributed by atoms with E-state index < -0.39 is 0 Å². The second kappa shape index (κ2) is 4.66. The number of imidazole rings is 1. The van der Waals surface area contributed by atoms with Gasteiger partial charge in [0, 0.05) is 19.6 Å². The largest absolute Gasteiger partial charge is 0.335 e. The van der Waals surface area contributed by atoms with E-state index in [1.807, 2.05) is 31.3 Å². The van der Waals surface area contributed by atoms with E-state index in [1.165, 1.54) is 0 Å². The van der Waals surface area contributed by atoms with Crippen molar-refractivity contribution in [1.29, 1.82) is 0 Å². The minimum Gasteiger partial charge on any atom is -0.335 e. The number of benzene rings is 1. The lowest BCUT2D eigenvalue weighted by molar-refractivity contribution is 0.0726. The molecule has 1 fully saturated rings. The summed E-state index contributed by atoms with van der Waals surface area (Å²) in [7, 11) is 3.94. The van der Waals surface area contributed by atoms with Gasteiger partial charge in [-0.05, 0) is 32.1 Å². The Kier molecular flexibility index (Phi) is 2.98. The number of amides is 1. The smallest absolute Gasteiger partial charge is 0.289 e. The molecule has 2 heterocycles. The van der Waals surface area contributed by atoms with Crippen molar-refractivity contribution in [1.82, 2.24) is 19.8 Å². The highest BCUT2D eigenvalue weighted by Gasteiger charge is 2.28. The quantitative estimate of drug-likeness (QED) is 0.884. The van der Waals surface area contributed by atoms with Crippen LogP contribution in [0.4, 0.5) is 0 Å². The highest BCUT2D eigenvalue weighted by atomic mass is 16.2. The Morgan fingerprint density at radius 3 is 2.95 bits per heavy atom. The number of para-hydroxylation sites is 2. The maximum Gasteiger partial charge on any atom is 0.289 e. The standard InChI is InChI=1S/C14H18N4O/c1-17-8-7-10(9-17)18(2)14(19)13-15-11-5-3-4-6-12(11)16-13/h3-6,10H,7-9H2,1-2H3,(H,15,16). The third kappa shape index (κ3) is 2.21. The van der Waals surface area contributed by atoms with Crippen molar-refractivity contribution in [2.24, 2.45) is 0 Å². The van der Waals surface area contributed by atoms with Gasteiger partial charge in [-0.15, -0.1) is 0 Å². The molecule has 1 unspecified atom stereocenters. The minimum absolute atomic E-state index is 0.0310. The van der Waals surface area contributed by atoms with Crippen LogP contribution in [-0.4, -0.2) is 58.9 Å². The average Bonchev–Trinajstić information content (AvgIpc) is 3.02. The van der Waals surface area contributed by atoms with Gasteiger partial charge in [0.05, 0.1) is 11.0 Å². The summed E-state index contributed by atoms with van der Waals surface area (Å²) in [6.45, 7) is 1.98. The number of hydrogen-bond donors (Lipinski definition) is 1. The van der Waals surface area contributed by atoms with Crippen molar-refractivity contribution in [3.8, 4) is 0 Å². The predicted molar refractivity (Wildman–Crippen MR) is 74.1 cm³/mol. The van der Waals surface area contributed by atoms with Crippen molar-refractivity contribution < 1.29 is 4.79 Å². The molecule has 2 aromatic rings. The Hall–Kier alpha value is -1.88. The molecule has 0 saturated carbocycles. The number of H-pyrrole nitrogens is 1. The summed E-state index contributed by atoms with van der Waals surface area (Å²) >= 11 is 0. The molecular formula is C14H18N4O. The molecule has 0 bridgehead atoms. The van der Waals surface area contributed by atoms with Gasteiger partial charge in [0.1, 0.15) is 0 Å². The summed E-state index contributed by atoms with van der Waals surface area (Å²) in [4.78, 5) is 23.9. The van der Waals surface area contributed by atoms with Crippen LogP contribution in [0.2, 0.25) is 0 Å². The van der Waals surface area contributed by atoms with Crippen LogP contribution < -0.4 is 0 Å². The summed E-state index contributed by atoms with van der Waals surface area (Å²) in [6.07, 6.45) is 1.03. The van der Waals surface area contributed by atoms with Crippen molar-refractivity contribution in [2.75, 3.05) is 27.2 Å². The number of carbonyl (C=O) groups is 1. The van der Waals surface area contributed by atoms with Gasteiger partial charge >= 0.3 is 0 Å². The number of carbonyl (C=O) groups excluding carboxylic acids is 1. The van der Waals surface area contributed by atoms with Crippen LogP contribution in [0, 0.1) is 0 Å². The highest BCUT2D eigenvalue weighted by molar-refractivity contribution is 5.94. The van der Waals surface area contributed by atoms with Crippen LogP contribution in [0.1, 0.15) is 17.0 Å². The van der Waals surface area contributed by atoms with E-state index in [0.29, 0.717) is 5.82 Å². The van der Waals surface area contributed by atoms with E-state index in [-0.39, 0.29) is 11.9 Å². The molecule has 100 valence electrons. The van der Waals surface area contributed by atoms with Gasteiger partial charge in [0.2, 0.25) is 0 Å². The molecule has 1 aromatic heterocycles. The number of fused-ring (bicyclic) bond motifs is 1. The normalized spacial score (nSPS) is 20.0. The molecule has 1 atom stereocenters. The van der Waals surface area contributed by atoms with Crippen molar-refractivity contribution >= 4 is 16.9 Å². The van der Waals surface area contributed by atoms with Gasteiger partial charge in [0.25, 0.3) is 5.91 Å². The van der Waals surface area contributed by atoms with Crippen LogP contribution >= 0.6 is 0 Å². The Labute approximate surface area is 112 Å². The number of likely N-dealkylation sites (N-methyl/N-ethyl adjacent to an activating group) is 2. The fraction of sp³-hybridized carbons (Fsp3) is 0.429. The topological polar surface area (TPSA) is 52.2 Å². The summed E-state index contributed by atoms with van der Waals surface area (Å²) in [5, 5.41) is 0. The van der Waals surface area contributed by atoms with E-state index in [1.54, 1.807) is 4.90 Å². The van der Waals surface area contributed by atoms with Gasteiger partial charge in [0.15, 0.2) is 5.82 Å². The van der Waals surface area contributed by atoms with Crippen LogP contribution in [0.5, 0.6) is 0 Å². The molecule has 3 rings (SSSR count). The van der Waals surface area contributed by atoms with Crippen LogP contribution in [0.15, 0.2) is 24.3 Å². The molecule has 1 amide bonds. The molecule has 1 aromatic carbocycles. The molecule has 0 aliphatic carbocycles. The number of likely N-dealkylation sites (tertiary alicyclic amines) is 1. The summed E-state index contributed by atoms with van der Waals surface area (Å²) in [5.41, 5.74) is 1.74. The maximum absolute atomic E-state index is 12.4. The second-order valence-electron chi connectivity index (χ2n) is 5.22. The molecule has 1 aliphatic rings. The zero-order valence-corrected chi connectivity index (χ0v) is 11.3. The molecule has 1 aliphatic heterocycles. The van der Waals surface area contributed by atoms with Gasteiger partial charge in [-0.25, -0.2) is 4.98 Å². The van der Waals surface area contributed by atoms with E-state index >= 15 is 0 Å². The summed E-state index contributed by atoms with van der Waals surface area (Å²) in [5.74, 6) is 0.398. The lowest BCUT2D eigenvalue weighted by atomic mass is 10.2.